The number of ether oxygens (including phenoxy) is 1. The molecule has 2 saturated carbocycles. The molecule has 1 heterocycles. The quantitative estimate of drug-likeness (QED) is 0.522. The standard InChI is InChI=1S/C22H26O3/c1-22-12-11-15-13-7-9-19-17(3-2-4-21(24)25-19)14(13)5-6-16(15)18(22)8-10-20(22)23/h7,9,15-16,18H,2-6,8,10-12H2,1H3/t15-,16-,18+,22+/m1/s1. The van der Waals surface area contributed by atoms with Gasteiger partial charge in [0.25, 0.3) is 0 Å². The molecule has 4 atom stereocenters. The average molecular weight is 338 g/mol. The molecule has 1 aliphatic heterocycles. The van der Waals surface area contributed by atoms with Gasteiger partial charge in [0.1, 0.15) is 11.5 Å². The molecule has 3 heteroatoms. The summed E-state index contributed by atoms with van der Waals surface area (Å²) in [6.07, 6.45) is 8.71. The molecule has 0 radical (unpaired) electrons. The van der Waals surface area contributed by atoms with Crippen LogP contribution in [0, 0.1) is 17.3 Å². The van der Waals surface area contributed by atoms with Crippen LogP contribution in [0.25, 0.3) is 0 Å². The number of ketones is 1. The van der Waals surface area contributed by atoms with Crippen molar-refractivity contribution in [1.29, 1.82) is 0 Å². The maximum Gasteiger partial charge on any atom is 0.311 e. The van der Waals surface area contributed by atoms with Gasteiger partial charge >= 0.3 is 5.97 Å². The predicted molar refractivity (Wildman–Crippen MR) is 94.6 cm³/mol. The second-order valence-electron chi connectivity index (χ2n) is 8.77. The van der Waals surface area contributed by atoms with E-state index in [2.05, 4.69) is 13.0 Å². The van der Waals surface area contributed by atoms with Gasteiger partial charge in [-0.25, -0.2) is 0 Å². The number of hydrogen-bond donors (Lipinski definition) is 0. The Balaban J connectivity index is 1.54. The van der Waals surface area contributed by atoms with E-state index in [9.17, 15) is 9.59 Å². The summed E-state index contributed by atoms with van der Waals surface area (Å²) in [6.45, 7) is 2.23. The first-order valence-electron chi connectivity index (χ1n) is 9.96. The van der Waals surface area contributed by atoms with Gasteiger partial charge in [-0.3, -0.25) is 9.59 Å². The number of carbonyl (C=O) groups is 2. The van der Waals surface area contributed by atoms with Gasteiger partial charge in [0, 0.05) is 18.3 Å². The molecule has 0 aromatic heterocycles. The number of Topliss-reactive ketones (excluding diaryl/α,β-unsaturated/α-hetero) is 1. The molecule has 3 nitrogen and oxygen atoms in total. The minimum Gasteiger partial charge on any atom is -0.426 e. The minimum absolute atomic E-state index is 0.0557. The molecule has 3 aliphatic carbocycles. The van der Waals surface area contributed by atoms with Crippen molar-refractivity contribution in [2.75, 3.05) is 0 Å². The van der Waals surface area contributed by atoms with Crippen LogP contribution in [0.4, 0.5) is 0 Å². The molecule has 25 heavy (non-hydrogen) atoms. The zero-order chi connectivity index (χ0) is 17.2. The van der Waals surface area contributed by atoms with Crippen LogP contribution in [0.3, 0.4) is 0 Å². The Morgan fingerprint density at radius 1 is 1.00 bits per heavy atom. The van der Waals surface area contributed by atoms with E-state index >= 15 is 0 Å². The Morgan fingerprint density at radius 2 is 1.88 bits per heavy atom. The van der Waals surface area contributed by atoms with Gasteiger partial charge in [0.2, 0.25) is 0 Å². The summed E-state index contributed by atoms with van der Waals surface area (Å²) < 4.78 is 5.57. The third-order valence-electron chi connectivity index (χ3n) is 7.73. The molecule has 0 amide bonds. The van der Waals surface area contributed by atoms with Crippen molar-refractivity contribution < 1.29 is 14.3 Å². The van der Waals surface area contributed by atoms with Crippen molar-refractivity contribution in [2.24, 2.45) is 17.3 Å². The summed E-state index contributed by atoms with van der Waals surface area (Å²) >= 11 is 0. The highest BCUT2D eigenvalue weighted by molar-refractivity contribution is 5.87. The van der Waals surface area contributed by atoms with Crippen molar-refractivity contribution in [1.82, 2.24) is 0 Å². The van der Waals surface area contributed by atoms with Crippen LogP contribution in [-0.2, 0) is 22.4 Å². The van der Waals surface area contributed by atoms with Gasteiger partial charge in [-0.15, -0.1) is 0 Å². The smallest absolute Gasteiger partial charge is 0.311 e. The van der Waals surface area contributed by atoms with E-state index in [1.807, 2.05) is 6.07 Å². The van der Waals surface area contributed by atoms with Gasteiger partial charge in [0.05, 0.1) is 0 Å². The fourth-order valence-corrected chi connectivity index (χ4v) is 6.44. The lowest BCUT2D eigenvalue weighted by Gasteiger charge is -2.48. The Hall–Kier alpha value is -1.64. The maximum absolute atomic E-state index is 12.5. The molecular weight excluding hydrogens is 312 g/mol. The van der Waals surface area contributed by atoms with E-state index in [1.165, 1.54) is 23.1 Å². The van der Waals surface area contributed by atoms with Gasteiger partial charge in [-0.1, -0.05) is 13.0 Å². The summed E-state index contributed by atoms with van der Waals surface area (Å²) in [7, 11) is 0. The second-order valence-corrected chi connectivity index (χ2v) is 8.77. The van der Waals surface area contributed by atoms with Gasteiger partial charge in [-0.05, 0) is 85.5 Å². The third kappa shape index (κ3) is 2.17. The highest BCUT2D eigenvalue weighted by atomic mass is 16.5. The maximum atomic E-state index is 12.5. The Labute approximate surface area is 149 Å². The molecule has 132 valence electrons. The van der Waals surface area contributed by atoms with Crippen LogP contribution in [-0.4, -0.2) is 11.8 Å². The number of fused-ring (bicyclic) bond motifs is 7. The Bertz CT molecular complexity index is 765. The second kappa shape index (κ2) is 5.43. The van der Waals surface area contributed by atoms with Gasteiger partial charge in [-0.2, -0.15) is 0 Å². The molecule has 0 unspecified atom stereocenters. The van der Waals surface area contributed by atoms with Gasteiger partial charge in [0.15, 0.2) is 0 Å². The minimum atomic E-state index is -0.0923. The summed E-state index contributed by atoms with van der Waals surface area (Å²) in [6, 6.07) is 4.26. The molecule has 5 rings (SSSR count). The molecule has 4 aliphatic rings. The molecule has 1 aromatic carbocycles. The van der Waals surface area contributed by atoms with Crippen LogP contribution in [0.5, 0.6) is 5.75 Å². The van der Waals surface area contributed by atoms with E-state index in [4.69, 9.17) is 4.74 Å². The summed E-state index contributed by atoms with van der Waals surface area (Å²) in [4.78, 5) is 24.2. The van der Waals surface area contributed by atoms with E-state index in [0.29, 0.717) is 30.0 Å². The first kappa shape index (κ1) is 15.6. The number of rotatable bonds is 0. The van der Waals surface area contributed by atoms with E-state index in [0.717, 1.165) is 50.7 Å². The van der Waals surface area contributed by atoms with Gasteiger partial charge < -0.3 is 4.74 Å². The zero-order valence-corrected chi connectivity index (χ0v) is 15.0. The molecule has 0 bridgehead atoms. The van der Waals surface area contributed by atoms with Crippen molar-refractivity contribution in [3.8, 4) is 5.75 Å². The lowest BCUT2D eigenvalue weighted by atomic mass is 9.55. The average Bonchev–Trinajstić information content (AvgIpc) is 2.78. The summed E-state index contributed by atoms with van der Waals surface area (Å²) in [5.41, 5.74) is 4.19. The SMILES string of the molecule is C[C@]12CC[C@@H]3c4ccc5c(c4CC[C@H]3[C@@H]1CCC2=O)CCCC(=O)O5. The first-order valence-corrected chi connectivity index (χ1v) is 9.96. The largest absolute Gasteiger partial charge is 0.426 e. The van der Waals surface area contributed by atoms with E-state index in [1.54, 1.807) is 0 Å². The highest BCUT2D eigenvalue weighted by Crippen LogP contribution is 2.60. The molecular formula is C22H26O3. The predicted octanol–water partition coefficient (Wildman–Crippen LogP) is 4.35. The summed E-state index contributed by atoms with van der Waals surface area (Å²) in [5, 5.41) is 0. The van der Waals surface area contributed by atoms with E-state index < -0.39 is 0 Å². The normalized spacial score (nSPS) is 36.6. The van der Waals surface area contributed by atoms with Crippen molar-refractivity contribution >= 4 is 11.8 Å². The van der Waals surface area contributed by atoms with Crippen LogP contribution in [0.1, 0.15) is 74.5 Å². The van der Waals surface area contributed by atoms with Crippen LogP contribution >= 0.6 is 0 Å². The van der Waals surface area contributed by atoms with Crippen molar-refractivity contribution in [2.45, 2.75) is 70.6 Å². The molecule has 0 saturated heterocycles. The summed E-state index contributed by atoms with van der Waals surface area (Å²) in [5.74, 6) is 3.04. The fourth-order valence-electron chi connectivity index (χ4n) is 6.44. The lowest BCUT2D eigenvalue weighted by Crippen LogP contribution is -2.42. The monoisotopic (exact) mass is 338 g/mol. The molecule has 1 aromatic rings. The fraction of sp³-hybridized carbons (Fsp3) is 0.636. The van der Waals surface area contributed by atoms with Crippen molar-refractivity contribution in [3.63, 3.8) is 0 Å². The van der Waals surface area contributed by atoms with Crippen LogP contribution < -0.4 is 4.74 Å². The van der Waals surface area contributed by atoms with Crippen LogP contribution in [0.15, 0.2) is 12.1 Å². The number of benzene rings is 1. The third-order valence-corrected chi connectivity index (χ3v) is 7.73. The number of esters is 1. The van der Waals surface area contributed by atoms with Crippen LogP contribution in [0.2, 0.25) is 0 Å². The van der Waals surface area contributed by atoms with Crippen molar-refractivity contribution in [3.05, 3.63) is 28.8 Å². The molecule has 0 N–H and O–H groups in total. The first-order chi connectivity index (χ1) is 12.1. The Morgan fingerprint density at radius 3 is 2.76 bits per heavy atom. The molecule has 2 fully saturated rings. The topological polar surface area (TPSA) is 43.4 Å². The lowest BCUT2D eigenvalue weighted by molar-refractivity contribution is -0.134. The number of hydrogen-bond acceptors (Lipinski definition) is 3. The van der Waals surface area contributed by atoms with E-state index in [-0.39, 0.29) is 11.4 Å². The Kier molecular flexibility index (Phi) is 3.39. The highest BCUT2D eigenvalue weighted by Gasteiger charge is 2.54. The molecule has 0 spiro atoms. The zero-order valence-electron chi connectivity index (χ0n) is 15.0. The number of carbonyl (C=O) groups excluding carboxylic acids is 2.